The van der Waals surface area contributed by atoms with Crippen LogP contribution in [0.1, 0.15) is 32.0 Å². The number of carbonyl (C=O) groups excluding carboxylic acids is 1. The van der Waals surface area contributed by atoms with Crippen molar-refractivity contribution in [2.24, 2.45) is 0 Å². The number of benzene rings is 1. The van der Waals surface area contributed by atoms with Crippen LogP contribution < -0.4 is 5.32 Å². The molecule has 0 saturated carbocycles. The molecular formula is C15H19FN2O2. The Morgan fingerprint density at radius 3 is 2.85 bits per heavy atom. The Labute approximate surface area is 117 Å². The van der Waals surface area contributed by atoms with Crippen LogP contribution in [0.25, 0.3) is 0 Å². The largest absolute Gasteiger partial charge is 0.376 e. The van der Waals surface area contributed by atoms with Crippen molar-refractivity contribution >= 4 is 5.91 Å². The summed E-state index contributed by atoms with van der Waals surface area (Å²) < 4.78 is 19.0. The monoisotopic (exact) mass is 278 g/mol. The lowest BCUT2D eigenvalue weighted by atomic mass is 10.1. The van der Waals surface area contributed by atoms with Crippen LogP contribution in [0.5, 0.6) is 0 Å². The van der Waals surface area contributed by atoms with Gasteiger partial charge in [-0.2, -0.15) is 0 Å². The SMILES string of the molecule is CC1NC(c2cccc(F)c2)N(C2CCOC2C)C1=O. The number of rotatable bonds is 2. The molecule has 0 aliphatic carbocycles. The number of hydrogen-bond acceptors (Lipinski definition) is 3. The molecule has 108 valence electrons. The van der Waals surface area contributed by atoms with Crippen LogP contribution >= 0.6 is 0 Å². The molecule has 1 N–H and O–H groups in total. The first-order valence-corrected chi connectivity index (χ1v) is 7.03. The van der Waals surface area contributed by atoms with Crippen molar-refractivity contribution in [1.29, 1.82) is 0 Å². The summed E-state index contributed by atoms with van der Waals surface area (Å²) in [6.45, 7) is 4.49. The van der Waals surface area contributed by atoms with Crippen molar-refractivity contribution in [1.82, 2.24) is 10.2 Å². The van der Waals surface area contributed by atoms with E-state index in [-0.39, 0.29) is 36.1 Å². The van der Waals surface area contributed by atoms with Gasteiger partial charge in [-0.05, 0) is 38.0 Å². The van der Waals surface area contributed by atoms with E-state index in [1.165, 1.54) is 12.1 Å². The zero-order valence-electron chi connectivity index (χ0n) is 11.7. The summed E-state index contributed by atoms with van der Waals surface area (Å²) in [5.74, 6) is -0.228. The minimum Gasteiger partial charge on any atom is -0.376 e. The molecule has 0 radical (unpaired) electrons. The van der Waals surface area contributed by atoms with Crippen molar-refractivity contribution in [2.45, 2.75) is 44.6 Å². The van der Waals surface area contributed by atoms with E-state index in [0.29, 0.717) is 6.61 Å². The quantitative estimate of drug-likeness (QED) is 0.897. The number of amides is 1. The number of carbonyl (C=O) groups is 1. The first-order chi connectivity index (χ1) is 9.58. The minimum atomic E-state index is -0.285. The second-order valence-corrected chi connectivity index (χ2v) is 5.52. The van der Waals surface area contributed by atoms with Crippen molar-refractivity contribution in [3.05, 3.63) is 35.6 Å². The molecule has 1 amide bonds. The summed E-state index contributed by atoms with van der Waals surface area (Å²) >= 11 is 0. The van der Waals surface area contributed by atoms with Crippen LogP contribution in [0.15, 0.2) is 24.3 Å². The van der Waals surface area contributed by atoms with E-state index in [0.717, 1.165) is 12.0 Å². The maximum absolute atomic E-state index is 13.4. The Hall–Kier alpha value is -1.46. The van der Waals surface area contributed by atoms with Gasteiger partial charge in [-0.25, -0.2) is 4.39 Å². The number of nitrogens with zero attached hydrogens (tertiary/aromatic N) is 1. The summed E-state index contributed by atoms with van der Waals surface area (Å²) in [6.07, 6.45) is 0.567. The van der Waals surface area contributed by atoms with Gasteiger partial charge in [0.25, 0.3) is 0 Å². The third-order valence-electron chi connectivity index (χ3n) is 4.17. The lowest BCUT2D eigenvalue weighted by molar-refractivity contribution is -0.133. The Morgan fingerprint density at radius 1 is 1.40 bits per heavy atom. The molecule has 1 aromatic carbocycles. The van der Waals surface area contributed by atoms with Gasteiger partial charge in [0.05, 0.1) is 18.2 Å². The summed E-state index contributed by atoms with van der Waals surface area (Å²) in [5, 5.41) is 3.25. The molecule has 4 unspecified atom stereocenters. The molecule has 2 fully saturated rings. The van der Waals surface area contributed by atoms with Crippen molar-refractivity contribution in [3.8, 4) is 0 Å². The van der Waals surface area contributed by atoms with E-state index in [1.54, 1.807) is 6.07 Å². The Balaban J connectivity index is 1.94. The second-order valence-electron chi connectivity index (χ2n) is 5.52. The topological polar surface area (TPSA) is 41.6 Å². The van der Waals surface area contributed by atoms with E-state index in [2.05, 4.69) is 5.32 Å². The molecule has 5 heteroatoms. The third-order valence-corrected chi connectivity index (χ3v) is 4.17. The average molecular weight is 278 g/mol. The fraction of sp³-hybridized carbons (Fsp3) is 0.533. The molecule has 0 aromatic heterocycles. The predicted molar refractivity (Wildman–Crippen MR) is 72.4 cm³/mol. The van der Waals surface area contributed by atoms with Gasteiger partial charge in [-0.1, -0.05) is 12.1 Å². The van der Waals surface area contributed by atoms with Crippen molar-refractivity contribution in [3.63, 3.8) is 0 Å². The lowest BCUT2D eigenvalue weighted by Crippen LogP contribution is -2.43. The Kier molecular flexibility index (Phi) is 3.48. The molecule has 2 aliphatic rings. The summed E-state index contributed by atoms with van der Waals surface area (Å²) in [6, 6.07) is 6.21. The number of halogens is 1. The maximum atomic E-state index is 13.4. The van der Waals surface area contributed by atoms with Crippen LogP contribution in [0.3, 0.4) is 0 Å². The standard InChI is InChI=1S/C15H19FN2O2/c1-9-15(19)18(13-6-7-20-10(13)2)14(17-9)11-4-3-5-12(16)8-11/h3-5,8-10,13-14,17H,6-7H2,1-2H3. The summed E-state index contributed by atoms with van der Waals surface area (Å²) in [4.78, 5) is 14.3. The van der Waals surface area contributed by atoms with Crippen LogP contribution in [-0.4, -0.2) is 35.6 Å². The first kappa shape index (κ1) is 13.5. The fourth-order valence-corrected chi connectivity index (χ4v) is 3.11. The molecule has 2 saturated heterocycles. The van der Waals surface area contributed by atoms with Crippen molar-refractivity contribution < 1.29 is 13.9 Å². The highest BCUT2D eigenvalue weighted by Gasteiger charge is 2.44. The second kappa shape index (κ2) is 5.14. The third kappa shape index (κ3) is 2.21. The summed E-state index contributed by atoms with van der Waals surface area (Å²) in [5.41, 5.74) is 0.779. The van der Waals surface area contributed by atoms with Crippen LogP contribution in [0.4, 0.5) is 4.39 Å². The van der Waals surface area contributed by atoms with Gasteiger partial charge in [0.2, 0.25) is 5.91 Å². The van der Waals surface area contributed by atoms with Gasteiger partial charge < -0.3 is 9.64 Å². The predicted octanol–water partition coefficient (Wildman–Crippen LogP) is 1.82. The summed E-state index contributed by atoms with van der Waals surface area (Å²) in [7, 11) is 0. The highest BCUT2D eigenvalue weighted by atomic mass is 19.1. The molecule has 4 nitrogen and oxygen atoms in total. The molecule has 4 atom stereocenters. The normalized spacial score (nSPS) is 34.0. The van der Waals surface area contributed by atoms with E-state index in [9.17, 15) is 9.18 Å². The number of hydrogen-bond donors (Lipinski definition) is 1. The first-order valence-electron chi connectivity index (χ1n) is 7.03. The van der Waals surface area contributed by atoms with Crippen molar-refractivity contribution in [2.75, 3.05) is 6.61 Å². The average Bonchev–Trinajstić information content (AvgIpc) is 2.95. The molecular weight excluding hydrogens is 259 g/mol. The van der Waals surface area contributed by atoms with Crippen LogP contribution in [0, 0.1) is 5.82 Å². The van der Waals surface area contributed by atoms with Gasteiger partial charge in [-0.3, -0.25) is 10.1 Å². The van der Waals surface area contributed by atoms with E-state index >= 15 is 0 Å². The van der Waals surface area contributed by atoms with E-state index in [4.69, 9.17) is 4.74 Å². The van der Waals surface area contributed by atoms with Crippen LogP contribution in [-0.2, 0) is 9.53 Å². The minimum absolute atomic E-state index is 0.0158. The van der Waals surface area contributed by atoms with Gasteiger partial charge >= 0.3 is 0 Å². The zero-order chi connectivity index (χ0) is 14.3. The molecule has 2 heterocycles. The van der Waals surface area contributed by atoms with Gasteiger partial charge in [0.15, 0.2) is 0 Å². The van der Waals surface area contributed by atoms with E-state index < -0.39 is 0 Å². The van der Waals surface area contributed by atoms with Gasteiger partial charge in [0, 0.05) is 6.61 Å². The van der Waals surface area contributed by atoms with Gasteiger partial charge in [-0.15, -0.1) is 0 Å². The molecule has 1 aromatic rings. The maximum Gasteiger partial charge on any atom is 0.241 e. The number of ether oxygens (including phenoxy) is 1. The van der Waals surface area contributed by atoms with Gasteiger partial charge in [0.1, 0.15) is 12.0 Å². The highest BCUT2D eigenvalue weighted by molar-refractivity contribution is 5.84. The van der Waals surface area contributed by atoms with Crippen LogP contribution in [0.2, 0.25) is 0 Å². The fourth-order valence-electron chi connectivity index (χ4n) is 3.11. The Bertz CT molecular complexity index is 522. The smallest absolute Gasteiger partial charge is 0.241 e. The Morgan fingerprint density at radius 2 is 2.20 bits per heavy atom. The zero-order valence-corrected chi connectivity index (χ0v) is 11.7. The van der Waals surface area contributed by atoms with E-state index in [1.807, 2.05) is 24.8 Å². The molecule has 20 heavy (non-hydrogen) atoms. The molecule has 0 spiro atoms. The lowest BCUT2D eigenvalue weighted by Gasteiger charge is -2.32. The highest BCUT2D eigenvalue weighted by Crippen LogP contribution is 2.32. The molecule has 2 aliphatic heterocycles. The molecule has 3 rings (SSSR count). The number of nitrogens with one attached hydrogen (secondary N) is 1. The molecule has 0 bridgehead atoms.